The van der Waals surface area contributed by atoms with Crippen LogP contribution in [0.2, 0.25) is 0 Å². The molecule has 1 atom stereocenters. The Morgan fingerprint density at radius 2 is 2.09 bits per heavy atom. The van der Waals surface area contributed by atoms with Gasteiger partial charge in [0.1, 0.15) is 11.9 Å². The van der Waals surface area contributed by atoms with Crippen molar-refractivity contribution in [3.63, 3.8) is 0 Å². The summed E-state index contributed by atoms with van der Waals surface area (Å²) in [6.07, 6.45) is 8.89. The van der Waals surface area contributed by atoms with Crippen molar-refractivity contribution in [2.75, 3.05) is 24.5 Å². The van der Waals surface area contributed by atoms with E-state index >= 15 is 0 Å². The first-order valence-corrected chi connectivity index (χ1v) is 12.4. The van der Waals surface area contributed by atoms with Crippen LogP contribution < -0.4 is 4.90 Å². The second-order valence-corrected chi connectivity index (χ2v) is 9.50. The van der Waals surface area contributed by atoms with Crippen LogP contribution in [0.3, 0.4) is 0 Å². The molecule has 3 aromatic heterocycles. The summed E-state index contributed by atoms with van der Waals surface area (Å²) in [6, 6.07) is 8.47. The molecule has 0 unspecified atom stereocenters. The molecule has 178 valence electrons. The normalized spacial score (nSPS) is 17.9. The predicted octanol–water partition coefficient (Wildman–Crippen LogP) is 4.92. The van der Waals surface area contributed by atoms with Crippen molar-refractivity contribution in [3.8, 4) is 17.2 Å². The summed E-state index contributed by atoms with van der Waals surface area (Å²) in [6.45, 7) is 10.0. The zero-order valence-electron chi connectivity index (χ0n) is 20.4. The van der Waals surface area contributed by atoms with Crippen molar-refractivity contribution in [1.29, 1.82) is 5.26 Å². The lowest BCUT2D eigenvalue weighted by molar-refractivity contribution is -0.133. The molecule has 4 heterocycles. The predicted molar refractivity (Wildman–Crippen MR) is 138 cm³/mol. The van der Waals surface area contributed by atoms with E-state index in [1.165, 1.54) is 0 Å². The molecule has 0 radical (unpaired) electrons. The van der Waals surface area contributed by atoms with Gasteiger partial charge in [-0.3, -0.25) is 9.78 Å². The van der Waals surface area contributed by atoms with Crippen molar-refractivity contribution in [1.82, 2.24) is 19.9 Å². The highest BCUT2D eigenvalue weighted by Crippen LogP contribution is 2.46. The third-order valence-corrected chi connectivity index (χ3v) is 6.96. The molecule has 1 aliphatic carbocycles. The number of anilines is 1. The fourth-order valence-electron chi connectivity index (χ4n) is 5.03. The molecule has 0 bridgehead atoms. The van der Waals surface area contributed by atoms with Gasteiger partial charge in [0.25, 0.3) is 0 Å². The molecule has 7 heteroatoms. The molecule has 3 aromatic rings. The van der Waals surface area contributed by atoms with E-state index in [1.54, 1.807) is 18.5 Å². The fraction of sp³-hybridized carbons (Fsp3) is 0.393. The van der Waals surface area contributed by atoms with Crippen LogP contribution in [0, 0.1) is 11.3 Å². The van der Waals surface area contributed by atoms with Crippen molar-refractivity contribution in [3.05, 3.63) is 54.1 Å². The van der Waals surface area contributed by atoms with Crippen molar-refractivity contribution in [2.24, 2.45) is 0 Å². The number of rotatable bonds is 6. The Labute approximate surface area is 206 Å². The number of fused-ring (bicyclic) bond motifs is 1. The highest BCUT2D eigenvalue weighted by molar-refractivity contribution is 5.96. The van der Waals surface area contributed by atoms with Crippen molar-refractivity contribution in [2.45, 2.75) is 51.5 Å². The summed E-state index contributed by atoms with van der Waals surface area (Å²) in [5.74, 6) is 1.33. The van der Waals surface area contributed by atoms with Gasteiger partial charge in [-0.15, -0.1) is 0 Å². The monoisotopic (exact) mass is 466 g/mol. The van der Waals surface area contributed by atoms with Gasteiger partial charge < -0.3 is 9.80 Å². The van der Waals surface area contributed by atoms with Gasteiger partial charge in [0.2, 0.25) is 5.91 Å². The second kappa shape index (κ2) is 9.46. The molecular formula is C28H30N6O. The molecule has 2 aliphatic rings. The van der Waals surface area contributed by atoms with E-state index in [0.29, 0.717) is 37.5 Å². The Bertz CT molecular complexity index is 1340. The van der Waals surface area contributed by atoms with E-state index in [2.05, 4.69) is 34.4 Å². The number of nitriles is 1. The average Bonchev–Trinajstić information content (AvgIpc) is 3.72. The average molecular weight is 467 g/mol. The van der Waals surface area contributed by atoms with Crippen molar-refractivity contribution < 1.29 is 4.79 Å². The fourth-order valence-corrected chi connectivity index (χ4v) is 5.03. The number of hydrogen-bond donors (Lipinski definition) is 0. The number of carbonyl (C=O) groups is 1. The second-order valence-electron chi connectivity index (χ2n) is 9.50. The lowest BCUT2D eigenvalue weighted by atomic mass is 9.95. The molecule has 0 spiro atoms. The minimum Gasteiger partial charge on any atom is -0.352 e. The standard InChI is InChI=1S/C28H30N6O/c1-4-6-26(35)34-12-11-33(17-18(34)3)28-20(15-29)13-24(27(32-28)19-7-8-19)23-14-21(5-2)31-25-16-30-10-9-22(23)25/h5,9-10,13-14,16,18-19H,2,4,6-8,11-12,17H2,1,3H3/t18-/m1/s1. The van der Waals surface area contributed by atoms with E-state index in [-0.39, 0.29) is 11.9 Å². The highest BCUT2D eigenvalue weighted by Gasteiger charge is 2.33. The number of aromatic nitrogens is 3. The Morgan fingerprint density at radius 1 is 1.26 bits per heavy atom. The summed E-state index contributed by atoms with van der Waals surface area (Å²) in [7, 11) is 0. The van der Waals surface area contributed by atoms with Gasteiger partial charge in [-0.2, -0.15) is 5.26 Å². The van der Waals surface area contributed by atoms with Gasteiger partial charge >= 0.3 is 0 Å². The van der Waals surface area contributed by atoms with Crippen LogP contribution in [-0.4, -0.2) is 51.4 Å². The van der Waals surface area contributed by atoms with Crippen LogP contribution >= 0.6 is 0 Å². The van der Waals surface area contributed by atoms with Gasteiger partial charge in [-0.25, -0.2) is 9.97 Å². The zero-order valence-corrected chi connectivity index (χ0v) is 20.4. The molecule has 1 amide bonds. The summed E-state index contributed by atoms with van der Waals surface area (Å²) >= 11 is 0. The molecule has 2 fully saturated rings. The molecule has 7 nitrogen and oxygen atoms in total. The Hall–Kier alpha value is -3.79. The first-order chi connectivity index (χ1) is 17.0. The molecule has 5 rings (SSSR count). The van der Waals surface area contributed by atoms with Gasteiger partial charge in [0.05, 0.1) is 28.7 Å². The summed E-state index contributed by atoms with van der Waals surface area (Å²) in [5.41, 5.74) is 5.16. The van der Waals surface area contributed by atoms with E-state index in [9.17, 15) is 10.1 Å². The summed E-state index contributed by atoms with van der Waals surface area (Å²) in [4.78, 5) is 30.7. The Morgan fingerprint density at radius 3 is 2.77 bits per heavy atom. The molecule has 1 saturated carbocycles. The third kappa shape index (κ3) is 4.37. The van der Waals surface area contributed by atoms with Crippen LogP contribution in [0.15, 0.2) is 37.2 Å². The molecule has 1 aliphatic heterocycles. The first-order valence-electron chi connectivity index (χ1n) is 12.4. The van der Waals surface area contributed by atoms with Crippen LogP contribution in [0.4, 0.5) is 5.82 Å². The van der Waals surface area contributed by atoms with E-state index in [4.69, 9.17) is 4.98 Å². The topological polar surface area (TPSA) is 86.0 Å². The van der Waals surface area contributed by atoms with Gasteiger partial charge in [0, 0.05) is 55.2 Å². The third-order valence-electron chi connectivity index (χ3n) is 6.96. The van der Waals surface area contributed by atoms with E-state index < -0.39 is 0 Å². The molecule has 0 aromatic carbocycles. The van der Waals surface area contributed by atoms with Crippen LogP contribution in [0.5, 0.6) is 0 Å². The number of hydrogen-bond acceptors (Lipinski definition) is 6. The minimum absolute atomic E-state index is 0.0759. The van der Waals surface area contributed by atoms with Gasteiger partial charge in [-0.05, 0) is 56.0 Å². The van der Waals surface area contributed by atoms with E-state index in [1.807, 2.05) is 30.0 Å². The maximum atomic E-state index is 12.5. The van der Waals surface area contributed by atoms with Gasteiger partial charge in [0.15, 0.2) is 0 Å². The number of piperazine rings is 1. The number of amides is 1. The number of pyridine rings is 3. The zero-order chi connectivity index (χ0) is 24.5. The molecule has 1 saturated heterocycles. The quantitative estimate of drug-likeness (QED) is 0.512. The van der Waals surface area contributed by atoms with Gasteiger partial charge in [-0.1, -0.05) is 13.5 Å². The Kier molecular flexibility index (Phi) is 6.21. The lowest BCUT2D eigenvalue weighted by Gasteiger charge is -2.41. The molecular weight excluding hydrogens is 436 g/mol. The maximum Gasteiger partial charge on any atom is 0.222 e. The summed E-state index contributed by atoms with van der Waals surface area (Å²) in [5, 5.41) is 11.1. The lowest BCUT2D eigenvalue weighted by Crippen LogP contribution is -2.54. The summed E-state index contributed by atoms with van der Waals surface area (Å²) < 4.78 is 0. The van der Waals surface area contributed by atoms with Crippen LogP contribution in [0.1, 0.15) is 62.4 Å². The SMILES string of the molecule is C=Cc1cc(-c2cc(C#N)c(N3CCN(C(=O)CCC)[C@H](C)C3)nc2C2CC2)c2ccncc2n1. The largest absolute Gasteiger partial charge is 0.352 e. The molecule has 0 N–H and O–H groups in total. The first kappa shape index (κ1) is 23.0. The van der Waals surface area contributed by atoms with Crippen LogP contribution in [0.25, 0.3) is 28.1 Å². The smallest absolute Gasteiger partial charge is 0.222 e. The Balaban J connectivity index is 1.58. The van der Waals surface area contributed by atoms with E-state index in [0.717, 1.165) is 58.5 Å². The van der Waals surface area contributed by atoms with Crippen LogP contribution in [-0.2, 0) is 4.79 Å². The number of carbonyl (C=O) groups excluding carboxylic acids is 1. The maximum absolute atomic E-state index is 12.5. The van der Waals surface area contributed by atoms with Crippen molar-refractivity contribution >= 4 is 28.7 Å². The minimum atomic E-state index is 0.0759. The highest BCUT2D eigenvalue weighted by atomic mass is 16.2. The number of nitrogens with zero attached hydrogens (tertiary/aromatic N) is 6. The molecule has 35 heavy (non-hydrogen) atoms.